The van der Waals surface area contributed by atoms with Crippen molar-refractivity contribution in [2.24, 2.45) is 5.90 Å². The highest BCUT2D eigenvalue weighted by Crippen LogP contribution is 2.05. The molecule has 1 rings (SSSR count). The fourth-order valence-electron chi connectivity index (χ4n) is 1.03. The molecular weight excluding hydrogens is 199 g/mol. The van der Waals surface area contributed by atoms with Gasteiger partial charge in [0.2, 0.25) is 0 Å². The Morgan fingerprint density at radius 2 is 2.27 bits per heavy atom. The van der Waals surface area contributed by atoms with Crippen LogP contribution in [0.25, 0.3) is 0 Å². The number of hydrogen-bond donors (Lipinski definition) is 2. The minimum Gasteiger partial charge on any atom is -0.349 e. The number of carbonyl (C=O) groups is 1. The van der Waals surface area contributed by atoms with E-state index in [9.17, 15) is 9.18 Å². The SMILES string of the molecule is CC(CNC(=O)c1ccccc1F)ON. The lowest BCUT2D eigenvalue weighted by Crippen LogP contribution is -2.33. The van der Waals surface area contributed by atoms with E-state index in [4.69, 9.17) is 5.90 Å². The van der Waals surface area contributed by atoms with Gasteiger partial charge in [-0.15, -0.1) is 0 Å². The highest BCUT2D eigenvalue weighted by molar-refractivity contribution is 5.94. The van der Waals surface area contributed by atoms with Crippen molar-refractivity contribution in [3.63, 3.8) is 0 Å². The number of halogens is 1. The molecule has 1 aromatic carbocycles. The van der Waals surface area contributed by atoms with Gasteiger partial charge in [-0.2, -0.15) is 0 Å². The van der Waals surface area contributed by atoms with Gasteiger partial charge in [0.25, 0.3) is 5.91 Å². The lowest BCUT2D eigenvalue weighted by Gasteiger charge is -2.10. The zero-order chi connectivity index (χ0) is 11.3. The van der Waals surface area contributed by atoms with Crippen molar-refractivity contribution in [1.29, 1.82) is 0 Å². The highest BCUT2D eigenvalue weighted by atomic mass is 19.1. The van der Waals surface area contributed by atoms with E-state index >= 15 is 0 Å². The molecular formula is C10H13FN2O2. The molecule has 3 N–H and O–H groups in total. The molecule has 4 nitrogen and oxygen atoms in total. The predicted octanol–water partition coefficient (Wildman–Crippen LogP) is 0.834. The number of nitrogens with two attached hydrogens (primary N) is 1. The molecule has 1 unspecified atom stereocenters. The largest absolute Gasteiger partial charge is 0.349 e. The minimum atomic E-state index is -0.545. The molecule has 0 aromatic heterocycles. The Labute approximate surface area is 87.2 Å². The highest BCUT2D eigenvalue weighted by Gasteiger charge is 2.11. The Morgan fingerprint density at radius 1 is 1.60 bits per heavy atom. The summed E-state index contributed by atoms with van der Waals surface area (Å²) in [6.45, 7) is 1.94. The molecule has 0 bridgehead atoms. The van der Waals surface area contributed by atoms with Crippen LogP contribution in [0.1, 0.15) is 17.3 Å². The summed E-state index contributed by atoms with van der Waals surface area (Å²) in [6, 6.07) is 5.77. The van der Waals surface area contributed by atoms with Crippen LogP contribution in [0.3, 0.4) is 0 Å². The average molecular weight is 212 g/mol. The van der Waals surface area contributed by atoms with Crippen LogP contribution in [-0.4, -0.2) is 18.6 Å². The van der Waals surface area contributed by atoms with Gasteiger partial charge in [0.15, 0.2) is 0 Å². The molecule has 1 atom stereocenters. The van der Waals surface area contributed by atoms with Crippen LogP contribution in [0.4, 0.5) is 4.39 Å². The van der Waals surface area contributed by atoms with Crippen molar-refractivity contribution in [1.82, 2.24) is 5.32 Å². The van der Waals surface area contributed by atoms with E-state index in [1.54, 1.807) is 13.0 Å². The molecule has 0 saturated heterocycles. The lowest BCUT2D eigenvalue weighted by molar-refractivity contribution is 0.0621. The zero-order valence-corrected chi connectivity index (χ0v) is 8.37. The second kappa shape index (κ2) is 5.43. The summed E-state index contributed by atoms with van der Waals surface area (Å²) in [5, 5.41) is 2.51. The minimum absolute atomic E-state index is 0.0155. The number of benzene rings is 1. The number of carbonyl (C=O) groups excluding carboxylic acids is 1. The molecule has 0 aliphatic rings. The van der Waals surface area contributed by atoms with Crippen LogP contribution < -0.4 is 11.2 Å². The topological polar surface area (TPSA) is 64.3 Å². The molecule has 0 aliphatic heterocycles. The van der Waals surface area contributed by atoms with Gasteiger partial charge < -0.3 is 5.32 Å². The Kier molecular flexibility index (Phi) is 4.20. The van der Waals surface area contributed by atoms with E-state index in [1.165, 1.54) is 18.2 Å². The normalized spacial score (nSPS) is 12.2. The van der Waals surface area contributed by atoms with Gasteiger partial charge in [-0.1, -0.05) is 12.1 Å². The molecule has 5 heteroatoms. The third-order valence-corrected chi connectivity index (χ3v) is 1.90. The Balaban J connectivity index is 2.58. The first-order chi connectivity index (χ1) is 7.15. The van der Waals surface area contributed by atoms with Gasteiger partial charge in [0.1, 0.15) is 5.82 Å². The van der Waals surface area contributed by atoms with Gasteiger partial charge in [0, 0.05) is 6.54 Å². The summed E-state index contributed by atoms with van der Waals surface area (Å²) in [6.07, 6.45) is -0.305. The van der Waals surface area contributed by atoms with E-state index in [-0.39, 0.29) is 18.2 Å². The van der Waals surface area contributed by atoms with E-state index < -0.39 is 11.7 Å². The second-order valence-corrected chi connectivity index (χ2v) is 3.14. The van der Waals surface area contributed by atoms with Crippen LogP contribution in [0.15, 0.2) is 24.3 Å². The van der Waals surface area contributed by atoms with Crippen molar-refractivity contribution in [2.45, 2.75) is 13.0 Å². The molecule has 1 amide bonds. The van der Waals surface area contributed by atoms with Gasteiger partial charge in [-0.05, 0) is 19.1 Å². The lowest BCUT2D eigenvalue weighted by atomic mass is 10.2. The molecule has 0 aliphatic carbocycles. The summed E-state index contributed by atoms with van der Waals surface area (Å²) in [7, 11) is 0. The third-order valence-electron chi connectivity index (χ3n) is 1.90. The van der Waals surface area contributed by atoms with Crippen molar-refractivity contribution in [3.8, 4) is 0 Å². The maximum absolute atomic E-state index is 13.1. The molecule has 0 spiro atoms. The fraction of sp³-hybridized carbons (Fsp3) is 0.300. The Morgan fingerprint density at radius 3 is 2.87 bits per heavy atom. The molecule has 1 aromatic rings. The maximum Gasteiger partial charge on any atom is 0.254 e. The molecule has 82 valence electrons. The zero-order valence-electron chi connectivity index (χ0n) is 8.37. The maximum atomic E-state index is 13.1. The summed E-state index contributed by atoms with van der Waals surface area (Å²) < 4.78 is 13.1. The standard InChI is InChI=1S/C10H13FN2O2/c1-7(15-12)6-13-10(14)8-4-2-3-5-9(8)11/h2-5,7H,6,12H2,1H3,(H,13,14). The van der Waals surface area contributed by atoms with Crippen molar-refractivity contribution in [3.05, 3.63) is 35.6 Å². The van der Waals surface area contributed by atoms with Crippen LogP contribution in [0, 0.1) is 5.82 Å². The van der Waals surface area contributed by atoms with Gasteiger partial charge in [0.05, 0.1) is 11.7 Å². The Bertz CT molecular complexity index is 344. The van der Waals surface area contributed by atoms with Gasteiger partial charge >= 0.3 is 0 Å². The van der Waals surface area contributed by atoms with Crippen molar-refractivity contribution in [2.75, 3.05) is 6.54 Å². The summed E-state index contributed by atoms with van der Waals surface area (Å²) in [5.74, 6) is 3.88. The average Bonchev–Trinajstić information content (AvgIpc) is 2.26. The van der Waals surface area contributed by atoms with E-state index in [0.717, 1.165) is 0 Å². The monoisotopic (exact) mass is 212 g/mol. The number of rotatable bonds is 4. The van der Waals surface area contributed by atoms with E-state index in [2.05, 4.69) is 10.2 Å². The number of nitrogens with one attached hydrogen (secondary N) is 1. The molecule has 0 heterocycles. The Hall–Kier alpha value is -1.46. The first-order valence-electron chi connectivity index (χ1n) is 4.53. The molecule has 15 heavy (non-hydrogen) atoms. The van der Waals surface area contributed by atoms with Gasteiger partial charge in [-0.3, -0.25) is 9.63 Å². The van der Waals surface area contributed by atoms with E-state index in [0.29, 0.717) is 0 Å². The number of amides is 1. The quantitative estimate of drug-likeness (QED) is 0.727. The predicted molar refractivity (Wildman–Crippen MR) is 53.5 cm³/mol. The van der Waals surface area contributed by atoms with Gasteiger partial charge in [-0.25, -0.2) is 10.3 Å². The van der Waals surface area contributed by atoms with Crippen molar-refractivity contribution < 1.29 is 14.0 Å². The summed E-state index contributed by atoms with van der Waals surface area (Å²) in [5.41, 5.74) is 0.0155. The molecule has 0 radical (unpaired) electrons. The summed E-state index contributed by atoms with van der Waals surface area (Å²) in [4.78, 5) is 15.9. The fourth-order valence-corrected chi connectivity index (χ4v) is 1.03. The van der Waals surface area contributed by atoms with E-state index in [1.807, 2.05) is 0 Å². The third kappa shape index (κ3) is 3.30. The number of hydrogen-bond acceptors (Lipinski definition) is 3. The first kappa shape index (κ1) is 11.6. The van der Waals surface area contributed by atoms with Crippen LogP contribution in [0.5, 0.6) is 0 Å². The molecule has 0 fully saturated rings. The summed E-state index contributed by atoms with van der Waals surface area (Å²) >= 11 is 0. The smallest absolute Gasteiger partial charge is 0.254 e. The second-order valence-electron chi connectivity index (χ2n) is 3.14. The first-order valence-corrected chi connectivity index (χ1v) is 4.53. The van der Waals surface area contributed by atoms with Crippen LogP contribution >= 0.6 is 0 Å². The van der Waals surface area contributed by atoms with Crippen LogP contribution in [0.2, 0.25) is 0 Å². The van der Waals surface area contributed by atoms with Crippen molar-refractivity contribution >= 4 is 5.91 Å². The molecule has 0 saturated carbocycles. The van der Waals surface area contributed by atoms with Crippen LogP contribution in [-0.2, 0) is 4.84 Å².